The van der Waals surface area contributed by atoms with Gasteiger partial charge in [-0.1, -0.05) is 54.2 Å². The SMILES string of the molecule is O=C(CSc1nc2ccccc2c2nc3ccccc3n12)Nc1ccc(N=Nc2ccccc2)cc1. The summed E-state index contributed by atoms with van der Waals surface area (Å²) in [5.41, 5.74) is 5.74. The van der Waals surface area contributed by atoms with Crippen LogP contribution in [0.4, 0.5) is 17.1 Å². The second-order valence-electron chi connectivity index (χ2n) is 8.09. The molecule has 0 radical (unpaired) electrons. The fourth-order valence-corrected chi connectivity index (χ4v) is 4.77. The zero-order valence-corrected chi connectivity index (χ0v) is 19.9. The minimum absolute atomic E-state index is 0.119. The second-order valence-corrected chi connectivity index (χ2v) is 9.03. The van der Waals surface area contributed by atoms with Gasteiger partial charge in [-0.15, -0.1) is 0 Å². The minimum atomic E-state index is -0.119. The Hall–Kier alpha value is -4.56. The number of carbonyl (C=O) groups excluding carboxylic acids is 1. The third-order valence-electron chi connectivity index (χ3n) is 5.63. The standard InChI is InChI=1S/C28H20N6OS/c35-26(29-19-14-16-21(17-15-19)33-32-20-8-2-1-3-9-20)18-36-28-31-23-11-5-4-10-22(23)27-30-24-12-6-7-13-25(24)34(27)28/h1-17H,18H2,(H,29,35). The van der Waals surface area contributed by atoms with Crippen molar-refractivity contribution in [2.24, 2.45) is 10.2 Å². The molecule has 0 saturated carbocycles. The van der Waals surface area contributed by atoms with Gasteiger partial charge in [-0.2, -0.15) is 10.2 Å². The van der Waals surface area contributed by atoms with E-state index in [0.29, 0.717) is 11.4 Å². The van der Waals surface area contributed by atoms with Gasteiger partial charge in [0.15, 0.2) is 5.16 Å². The summed E-state index contributed by atoms with van der Waals surface area (Å²) in [6, 6.07) is 32.7. The molecule has 0 atom stereocenters. The summed E-state index contributed by atoms with van der Waals surface area (Å²) in [7, 11) is 0. The third-order valence-corrected chi connectivity index (χ3v) is 6.57. The Morgan fingerprint density at radius 1 is 0.750 bits per heavy atom. The van der Waals surface area contributed by atoms with Gasteiger partial charge in [-0.25, -0.2) is 9.97 Å². The van der Waals surface area contributed by atoms with Crippen LogP contribution in [0.15, 0.2) is 119 Å². The Morgan fingerprint density at radius 3 is 2.22 bits per heavy atom. The first kappa shape index (κ1) is 21.9. The maximum Gasteiger partial charge on any atom is 0.234 e. The van der Waals surface area contributed by atoms with Gasteiger partial charge in [0.2, 0.25) is 5.91 Å². The van der Waals surface area contributed by atoms with E-state index in [9.17, 15) is 4.79 Å². The number of rotatable bonds is 6. The van der Waals surface area contributed by atoms with Gasteiger partial charge in [0.25, 0.3) is 0 Å². The largest absolute Gasteiger partial charge is 0.325 e. The highest BCUT2D eigenvalue weighted by Gasteiger charge is 2.15. The summed E-state index contributed by atoms with van der Waals surface area (Å²) >= 11 is 1.39. The molecule has 0 saturated heterocycles. The summed E-state index contributed by atoms with van der Waals surface area (Å²) in [4.78, 5) is 22.4. The van der Waals surface area contributed by atoms with Crippen LogP contribution in [0.2, 0.25) is 0 Å². The van der Waals surface area contributed by atoms with Crippen molar-refractivity contribution in [2.45, 2.75) is 5.16 Å². The van der Waals surface area contributed by atoms with E-state index in [0.717, 1.165) is 38.4 Å². The normalized spacial score (nSPS) is 11.6. The quantitative estimate of drug-likeness (QED) is 0.153. The van der Waals surface area contributed by atoms with Crippen LogP contribution in [0.3, 0.4) is 0 Å². The molecule has 6 aromatic rings. The van der Waals surface area contributed by atoms with E-state index < -0.39 is 0 Å². The fourth-order valence-electron chi connectivity index (χ4n) is 3.96. The smallest absolute Gasteiger partial charge is 0.234 e. The molecule has 4 aromatic carbocycles. The van der Waals surface area contributed by atoms with E-state index in [1.165, 1.54) is 11.8 Å². The van der Waals surface area contributed by atoms with Gasteiger partial charge < -0.3 is 5.32 Å². The van der Waals surface area contributed by atoms with Gasteiger partial charge >= 0.3 is 0 Å². The number of hydrogen-bond donors (Lipinski definition) is 1. The van der Waals surface area contributed by atoms with Gasteiger partial charge in [-0.3, -0.25) is 9.20 Å². The number of benzene rings is 4. The summed E-state index contributed by atoms with van der Waals surface area (Å²) in [5.74, 6) is 0.0915. The summed E-state index contributed by atoms with van der Waals surface area (Å²) < 4.78 is 2.03. The highest BCUT2D eigenvalue weighted by Crippen LogP contribution is 2.29. The number of thioether (sulfide) groups is 1. The predicted molar refractivity (Wildman–Crippen MR) is 144 cm³/mol. The molecule has 2 aromatic heterocycles. The number of para-hydroxylation sites is 3. The van der Waals surface area contributed by atoms with E-state index in [1.807, 2.05) is 108 Å². The minimum Gasteiger partial charge on any atom is -0.325 e. The number of hydrogen-bond acceptors (Lipinski definition) is 6. The Bertz CT molecular complexity index is 1730. The Kier molecular flexibility index (Phi) is 5.85. The highest BCUT2D eigenvalue weighted by molar-refractivity contribution is 7.99. The Morgan fingerprint density at radius 2 is 1.42 bits per heavy atom. The highest BCUT2D eigenvalue weighted by atomic mass is 32.2. The molecule has 6 rings (SSSR count). The summed E-state index contributed by atoms with van der Waals surface area (Å²) in [6.07, 6.45) is 0. The summed E-state index contributed by atoms with van der Waals surface area (Å²) in [5, 5.41) is 13.1. The average molecular weight is 489 g/mol. The zero-order chi connectivity index (χ0) is 24.3. The third kappa shape index (κ3) is 4.42. The van der Waals surface area contributed by atoms with E-state index in [1.54, 1.807) is 0 Å². The molecule has 0 fully saturated rings. The lowest BCUT2D eigenvalue weighted by atomic mass is 10.2. The van der Waals surface area contributed by atoms with Crippen LogP contribution in [0.1, 0.15) is 0 Å². The topological polar surface area (TPSA) is 84.0 Å². The number of nitrogens with one attached hydrogen (secondary N) is 1. The van der Waals surface area contributed by atoms with Gasteiger partial charge in [0.05, 0.1) is 33.7 Å². The number of imidazole rings is 1. The Labute approximate surface area is 210 Å². The van der Waals surface area contributed by atoms with E-state index in [2.05, 4.69) is 15.5 Å². The lowest BCUT2D eigenvalue weighted by Crippen LogP contribution is -2.14. The average Bonchev–Trinajstić information content (AvgIpc) is 3.32. The second kappa shape index (κ2) is 9.59. The van der Waals surface area contributed by atoms with Gasteiger partial charge in [-0.05, 0) is 60.7 Å². The molecule has 0 bridgehead atoms. The first-order valence-electron chi connectivity index (χ1n) is 11.4. The number of carbonyl (C=O) groups is 1. The van der Waals surface area contributed by atoms with Crippen LogP contribution >= 0.6 is 11.8 Å². The molecule has 0 spiro atoms. The fraction of sp³-hybridized carbons (Fsp3) is 0.0357. The number of amides is 1. The molecule has 0 aliphatic rings. The molecule has 7 nitrogen and oxygen atoms in total. The number of nitrogens with zero attached hydrogens (tertiary/aromatic N) is 5. The number of aromatic nitrogens is 3. The number of fused-ring (bicyclic) bond motifs is 5. The molecular formula is C28H20N6OS. The molecule has 1 amide bonds. The lowest BCUT2D eigenvalue weighted by molar-refractivity contribution is -0.113. The van der Waals surface area contributed by atoms with Gasteiger partial charge in [0.1, 0.15) is 5.65 Å². The molecule has 0 unspecified atom stereocenters. The van der Waals surface area contributed by atoms with Crippen molar-refractivity contribution in [3.63, 3.8) is 0 Å². The van der Waals surface area contributed by atoms with Crippen LogP contribution in [-0.2, 0) is 4.79 Å². The first-order valence-corrected chi connectivity index (χ1v) is 12.4. The molecule has 1 N–H and O–H groups in total. The molecule has 0 aliphatic heterocycles. The van der Waals surface area contributed by atoms with Crippen molar-refractivity contribution in [1.82, 2.24) is 14.4 Å². The van der Waals surface area contributed by atoms with Crippen molar-refractivity contribution in [2.75, 3.05) is 11.1 Å². The maximum atomic E-state index is 12.8. The van der Waals surface area contributed by atoms with Crippen LogP contribution in [0, 0.1) is 0 Å². The molecule has 8 heteroatoms. The van der Waals surface area contributed by atoms with Crippen molar-refractivity contribution >= 4 is 62.3 Å². The van der Waals surface area contributed by atoms with Crippen LogP contribution in [-0.4, -0.2) is 26.0 Å². The molecule has 0 aliphatic carbocycles. The first-order chi connectivity index (χ1) is 17.7. The van der Waals surface area contributed by atoms with Crippen LogP contribution in [0.5, 0.6) is 0 Å². The monoisotopic (exact) mass is 488 g/mol. The molecule has 36 heavy (non-hydrogen) atoms. The van der Waals surface area contributed by atoms with Crippen molar-refractivity contribution in [3.8, 4) is 0 Å². The molecule has 174 valence electrons. The van der Waals surface area contributed by atoms with Crippen LogP contribution in [0.25, 0.3) is 27.6 Å². The Balaban J connectivity index is 1.19. The molecule has 2 heterocycles. The van der Waals surface area contributed by atoms with E-state index >= 15 is 0 Å². The molecular weight excluding hydrogens is 468 g/mol. The van der Waals surface area contributed by atoms with Gasteiger partial charge in [0, 0.05) is 11.1 Å². The van der Waals surface area contributed by atoms with Crippen molar-refractivity contribution in [1.29, 1.82) is 0 Å². The maximum absolute atomic E-state index is 12.8. The van der Waals surface area contributed by atoms with Crippen molar-refractivity contribution < 1.29 is 4.79 Å². The predicted octanol–water partition coefficient (Wildman–Crippen LogP) is 7.18. The van der Waals surface area contributed by atoms with E-state index in [4.69, 9.17) is 9.97 Å². The number of azo groups is 1. The number of anilines is 1. The summed E-state index contributed by atoms with van der Waals surface area (Å²) in [6.45, 7) is 0. The van der Waals surface area contributed by atoms with E-state index in [-0.39, 0.29) is 11.7 Å². The lowest BCUT2D eigenvalue weighted by Gasteiger charge is -2.09. The van der Waals surface area contributed by atoms with Crippen LogP contribution < -0.4 is 5.32 Å². The van der Waals surface area contributed by atoms with Crippen molar-refractivity contribution in [3.05, 3.63) is 103 Å². The zero-order valence-electron chi connectivity index (χ0n) is 19.1.